The Kier molecular flexibility index (Phi) is 6.11. The molecule has 0 spiro atoms. The van der Waals surface area contributed by atoms with E-state index in [-0.39, 0.29) is 24.4 Å². The molecule has 0 saturated carbocycles. The lowest BCUT2D eigenvalue weighted by Gasteiger charge is -2.39. The van der Waals surface area contributed by atoms with Gasteiger partial charge in [0.1, 0.15) is 5.84 Å². The van der Waals surface area contributed by atoms with Crippen LogP contribution in [0.1, 0.15) is 49.3 Å². The lowest BCUT2D eigenvalue weighted by molar-refractivity contribution is -0.137. The topological polar surface area (TPSA) is 132 Å². The molecule has 2 atom stereocenters. The number of carbonyl (C=O) groups is 1. The number of rotatable bonds is 7. The zero-order chi connectivity index (χ0) is 19.4. The maximum atomic E-state index is 10.9. The van der Waals surface area contributed by atoms with E-state index in [0.29, 0.717) is 44.5 Å². The summed E-state index contributed by atoms with van der Waals surface area (Å²) in [6, 6.07) is 7.58. The van der Waals surface area contributed by atoms with Gasteiger partial charge in [-0.2, -0.15) is 5.48 Å². The fourth-order valence-electron chi connectivity index (χ4n) is 3.84. The van der Waals surface area contributed by atoms with Crippen LogP contribution in [0.2, 0.25) is 0 Å². The highest BCUT2D eigenvalue weighted by molar-refractivity contribution is 5.94. The number of benzene rings is 1. The second-order valence-electron chi connectivity index (χ2n) is 7.60. The monoisotopic (exact) mass is 376 g/mol. The summed E-state index contributed by atoms with van der Waals surface area (Å²) < 4.78 is 0. The quantitative estimate of drug-likeness (QED) is 0.354. The molecule has 8 heteroatoms. The SMILES string of the molecule is N=C(N)c1ccc(C2CC(CC3(O)CCN(CCC(=O)O)CC3)ON2)cc1. The Labute approximate surface area is 158 Å². The van der Waals surface area contributed by atoms with E-state index in [9.17, 15) is 9.90 Å². The first-order chi connectivity index (χ1) is 12.8. The minimum absolute atomic E-state index is 0.0481. The van der Waals surface area contributed by atoms with Crippen LogP contribution >= 0.6 is 0 Å². The number of nitrogen functional groups attached to an aromatic ring is 1. The van der Waals surface area contributed by atoms with E-state index in [1.807, 2.05) is 24.3 Å². The third-order valence-corrected chi connectivity index (χ3v) is 5.54. The predicted octanol–water partition coefficient (Wildman–Crippen LogP) is 0.997. The summed E-state index contributed by atoms with van der Waals surface area (Å²) >= 11 is 0. The highest BCUT2D eigenvalue weighted by Crippen LogP contribution is 2.34. The van der Waals surface area contributed by atoms with E-state index < -0.39 is 11.6 Å². The molecule has 8 nitrogen and oxygen atoms in total. The van der Waals surface area contributed by atoms with Crippen molar-refractivity contribution in [2.24, 2.45) is 5.73 Å². The molecule has 2 saturated heterocycles. The van der Waals surface area contributed by atoms with Crippen LogP contribution in [0.15, 0.2) is 24.3 Å². The third kappa shape index (κ3) is 5.26. The minimum Gasteiger partial charge on any atom is -0.481 e. The maximum absolute atomic E-state index is 10.9. The second kappa shape index (κ2) is 8.35. The van der Waals surface area contributed by atoms with Gasteiger partial charge in [0.05, 0.1) is 24.2 Å². The van der Waals surface area contributed by atoms with Crippen LogP contribution in [0.5, 0.6) is 0 Å². The van der Waals surface area contributed by atoms with Crippen LogP contribution < -0.4 is 11.2 Å². The van der Waals surface area contributed by atoms with E-state index in [2.05, 4.69) is 10.4 Å². The van der Waals surface area contributed by atoms with Gasteiger partial charge in [0, 0.05) is 31.6 Å². The number of hydrogen-bond donors (Lipinski definition) is 5. The fourth-order valence-corrected chi connectivity index (χ4v) is 3.84. The van der Waals surface area contributed by atoms with Gasteiger partial charge in [-0.1, -0.05) is 24.3 Å². The minimum atomic E-state index is -0.788. The van der Waals surface area contributed by atoms with Gasteiger partial charge >= 0.3 is 5.97 Å². The number of amidine groups is 1. The molecule has 148 valence electrons. The Morgan fingerprint density at radius 2 is 2.00 bits per heavy atom. The standard InChI is InChI=1S/C19H28N4O4/c20-18(21)14-3-1-13(2-4-14)16-11-15(27-22-16)12-19(26)6-9-23(10-7-19)8-5-17(24)25/h1-4,15-16,22,26H,5-12H2,(H3,20,21)(H,24,25). The Morgan fingerprint density at radius 3 is 2.59 bits per heavy atom. The number of aliphatic carboxylic acids is 1. The number of nitrogens with zero attached hydrogens (tertiary/aromatic N) is 1. The summed E-state index contributed by atoms with van der Waals surface area (Å²) in [7, 11) is 0. The number of nitrogens with one attached hydrogen (secondary N) is 2. The molecule has 2 fully saturated rings. The van der Waals surface area contributed by atoms with Crippen molar-refractivity contribution in [2.75, 3.05) is 19.6 Å². The predicted molar refractivity (Wildman–Crippen MR) is 100 cm³/mol. The summed E-state index contributed by atoms with van der Waals surface area (Å²) in [5.74, 6) is -0.740. The summed E-state index contributed by atoms with van der Waals surface area (Å²) in [6.45, 7) is 1.95. The fraction of sp³-hybridized carbons (Fsp3) is 0.579. The van der Waals surface area contributed by atoms with E-state index in [0.717, 1.165) is 12.0 Å². The molecule has 0 amide bonds. The molecular weight excluding hydrogens is 348 g/mol. The number of carboxylic acid groups (broad SMARTS) is 1. The molecule has 0 bridgehead atoms. The Bertz CT molecular complexity index is 671. The molecule has 2 heterocycles. The maximum Gasteiger partial charge on any atom is 0.304 e. The summed E-state index contributed by atoms with van der Waals surface area (Å²) in [6.07, 6.45) is 2.66. The van der Waals surface area contributed by atoms with Crippen LogP contribution in [0, 0.1) is 5.41 Å². The van der Waals surface area contributed by atoms with Gasteiger partial charge in [-0.25, -0.2) is 0 Å². The van der Waals surface area contributed by atoms with Crippen molar-refractivity contribution in [1.29, 1.82) is 5.41 Å². The van der Waals surface area contributed by atoms with Gasteiger partial charge in [-0.3, -0.25) is 15.0 Å². The average molecular weight is 376 g/mol. The normalized spacial score (nSPS) is 25.4. The first-order valence-electron chi connectivity index (χ1n) is 9.37. The van der Waals surface area contributed by atoms with Crippen molar-refractivity contribution in [3.63, 3.8) is 0 Å². The summed E-state index contributed by atoms with van der Waals surface area (Å²) in [5, 5.41) is 27.1. The molecule has 1 aromatic rings. The Hall–Kier alpha value is -2.00. The molecule has 0 radical (unpaired) electrons. The molecule has 0 aliphatic carbocycles. The van der Waals surface area contributed by atoms with Crippen molar-refractivity contribution < 1.29 is 19.8 Å². The van der Waals surface area contributed by atoms with E-state index in [4.69, 9.17) is 21.1 Å². The average Bonchev–Trinajstić information content (AvgIpc) is 3.09. The van der Waals surface area contributed by atoms with Gasteiger partial charge in [0.2, 0.25) is 0 Å². The van der Waals surface area contributed by atoms with Crippen molar-refractivity contribution >= 4 is 11.8 Å². The lowest BCUT2D eigenvalue weighted by Crippen LogP contribution is -2.46. The lowest BCUT2D eigenvalue weighted by atomic mass is 9.84. The van der Waals surface area contributed by atoms with Gasteiger partial charge in [0.25, 0.3) is 0 Å². The molecule has 0 aromatic heterocycles. The van der Waals surface area contributed by atoms with Crippen molar-refractivity contribution in [3.8, 4) is 0 Å². The zero-order valence-electron chi connectivity index (χ0n) is 15.4. The number of nitrogens with two attached hydrogens (primary N) is 1. The van der Waals surface area contributed by atoms with E-state index in [1.165, 1.54) is 0 Å². The van der Waals surface area contributed by atoms with Crippen LogP contribution in [-0.4, -0.2) is 58.3 Å². The third-order valence-electron chi connectivity index (χ3n) is 5.54. The number of hydrogen-bond acceptors (Lipinski definition) is 6. The second-order valence-corrected chi connectivity index (χ2v) is 7.60. The van der Waals surface area contributed by atoms with Crippen molar-refractivity contribution in [2.45, 2.75) is 49.9 Å². The highest BCUT2D eigenvalue weighted by Gasteiger charge is 2.38. The Morgan fingerprint density at radius 1 is 1.33 bits per heavy atom. The molecular formula is C19H28N4O4. The van der Waals surface area contributed by atoms with Gasteiger partial charge < -0.3 is 20.8 Å². The largest absolute Gasteiger partial charge is 0.481 e. The molecule has 2 aliphatic heterocycles. The number of hydroxylamine groups is 1. The van der Waals surface area contributed by atoms with Crippen LogP contribution in [-0.2, 0) is 9.63 Å². The van der Waals surface area contributed by atoms with Crippen molar-refractivity contribution in [3.05, 3.63) is 35.4 Å². The number of carboxylic acids is 1. The van der Waals surface area contributed by atoms with Gasteiger partial charge in [0.15, 0.2) is 0 Å². The number of likely N-dealkylation sites (tertiary alicyclic amines) is 1. The first-order valence-corrected chi connectivity index (χ1v) is 9.37. The molecule has 3 rings (SSSR count). The molecule has 2 aliphatic rings. The molecule has 27 heavy (non-hydrogen) atoms. The molecule has 1 aromatic carbocycles. The van der Waals surface area contributed by atoms with E-state index in [1.54, 1.807) is 0 Å². The van der Waals surface area contributed by atoms with Crippen molar-refractivity contribution in [1.82, 2.24) is 10.4 Å². The smallest absolute Gasteiger partial charge is 0.304 e. The van der Waals surface area contributed by atoms with Crippen LogP contribution in [0.4, 0.5) is 0 Å². The zero-order valence-corrected chi connectivity index (χ0v) is 15.4. The molecule has 6 N–H and O–H groups in total. The summed E-state index contributed by atoms with van der Waals surface area (Å²) in [4.78, 5) is 18.5. The van der Waals surface area contributed by atoms with Gasteiger partial charge in [-0.05, 0) is 24.8 Å². The Balaban J connectivity index is 1.48. The molecule has 2 unspecified atom stereocenters. The number of piperidine rings is 1. The number of aliphatic hydroxyl groups is 1. The van der Waals surface area contributed by atoms with Gasteiger partial charge in [-0.15, -0.1) is 0 Å². The summed E-state index contributed by atoms with van der Waals surface area (Å²) in [5.41, 5.74) is 9.53. The highest BCUT2D eigenvalue weighted by atomic mass is 16.7. The van der Waals surface area contributed by atoms with E-state index >= 15 is 0 Å². The first kappa shape index (κ1) is 19.8. The van der Waals surface area contributed by atoms with Crippen LogP contribution in [0.25, 0.3) is 0 Å². The van der Waals surface area contributed by atoms with Crippen LogP contribution in [0.3, 0.4) is 0 Å².